The van der Waals surface area contributed by atoms with Crippen LogP contribution < -0.4 is 5.73 Å². The molecule has 6 heteroatoms. The van der Waals surface area contributed by atoms with Crippen LogP contribution in [0.25, 0.3) is 0 Å². The van der Waals surface area contributed by atoms with E-state index in [0.29, 0.717) is 13.0 Å². The predicted molar refractivity (Wildman–Crippen MR) is 66.1 cm³/mol. The van der Waals surface area contributed by atoms with Gasteiger partial charge in [0.25, 0.3) is 0 Å². The van der Waals surface area contributed by atoms with Crippen molar-refractivity contribution in [2.45, 2.75) is 39.2 Å². The predicted octanol–water partition coefficient (Wildman–Crippen LogP) is 1.05. The molecule has 6 nitrogen and oxygen atoms in total. The molecule has 2 amide bonds. The van der Waals surface area contributed by atoms with Gasteiger partial charge in [-0.1, -0.05) is 5.16 Å². The Morgan fingerprint density at radius 2 is 2.06 bits per heavy atom. The fraction of sp³-hybridized carbons (Fsp3) is 0.818. The van der Waals surface area contributed by atoms with Crippen molar-refractivity contribution in [2.24, 2.45) is 10.9 Å². The van der Waals surface area contributed by atoms with Gasteiger partial charge in [-0.15, -0.1) is 0 Å². The van der Waals surface area contributed by atoms with Crippen molar-refractivity contribution in [1.82, 2.24) is 9.80 Å². The minimum absolute atomic E-state index is 0.0586. The van der Waals surface area contributed by atoms with Crippen molar-refractivity contribution >= 4 is 11.9 Å². The number of carbonyl (C=O) groups is 1. The van der Waals surface area contributed by atoms with Crippen molar-refractivity contribution in [3.63, 3.8) is 0 Å². The number of nitrogens with two attached hydrogens (primary N) is 1. The zero-order valence-corrected chi connectivity index (χ0v) is 10.6. The number of nitrogens with zero attached hydrogens (tertiary/aromatic N) is 3. The van der Waals surface area contributed by atoms with E-state index in [2.05, 4.69) is 5.16 Å². The van der Waals surface area contributed by atoms with Gasteiger partial charge in [-0.3, -0.25) is 0 Å². The molecule has 0 atom stereocenters. The van der Waals surface area contributed by atoms with Crippen molar-refractivity contribution in [3.8, 4) is 0 Å². The average Bonchev–Trinajstić information content (AvgIpc) is 2.81. The maximum absolute atomic E-state index is 12.2. The Labute approximate surface area is 102 Å². The van der Waals surface area contributed by atoms with Gasteiger partial charge in [0.2, 0.25) is 0 Å². The van der Waals surface area contributed by atoms with Crippen molar-refractivity contribution in [3.05, 3.63) is 0 Å². The van der Waals surface area contributed by atoms with Crippen molar-refractivity contribution < 1.29 is 10.0 Å². The molecule has 0 spiro atoms. The summed E-state index contributed by atoms with van der Waals surface area (Å²) in [5, 5.41) is 11.4. The Balaban J connectivity index is 2.55. The van der Waals surface area contributed by atoms with Gasteiger partial charge in [0.05, 0.1) is 0 Å². The Hall–Kier alpha value is -1.46. The summed E-state index contributed by atoms with van der Waals surface area (Å²) in [5.74, 6) is 0.157. The van der Waals surface area contributed by atoms with E-state index >= 15 is 0 Å². The lowest BCUT2D eigenvalue weighted by atomic mass is 10.3. The van der Waals surface area contributed by atoms with Crippen LogP contribution in [0.2, 0.25) is 0 Å². The second-order valence-corrected chi connectivity index (χ2v) is 4.61. The number of carbonyl (C=O) groups excluding carboxylic acids is 1. The maximum atomic E-state index is 12.2. The van der Waals surface area contributed by atoms with Gasteiger partial charge in [-0.2, -0.15) is 0 Å². The third-order valence-electron chi connectivity index (χ3n) is 2.98. The number of amides is 2. The highest BCUT2D eigenvalue weighted by atomic mass is 16.4. The van der Waals surface area contributed by atoms with Crippen LogP contribution in [0.5, 0.6) is 0 Å². The summed E-state index contributed by atoms with van der Waals surface area (Å²) in [6.07, 6.45) is 2.56. The second kappa shape index (κ2) is 6.32. The first-order valence-electron chi connectivity index (χ1n) is 6.08. The van der Waals surface area contributed by atoms with Crippen molar-refractivity contribution in [1.29, 1.82) is 0 Å². The molecule has 3 N–H and O–H groups in total. The molecule has 0 bridgehead atoms. The summed E-state index contributed by atoms with van der Waals surface area (Å²) < 4.78 is 0. The van der Waals surface area contributed by atoms with Gasteiger partial charge in [0.15, 0.2) is 0 Å². The highest BCUT2D eigenvalue weighted by Crippen LogP contribution is 2.13. The van der Waals surface area contributed by atoms with Gasteiger partial charge >= 0.3 is 6.03 Å². The van der Waals surface area contributed by atoms with E-state index in [1.807, 2.05) is 18.7 Å². The average molecular weight is 242 g/mol. The summed E-state index contributed by atoms with van der Waals surface area (Å²) >= 11 is 0. The number of rotatable bonds is 4. The molecule has 0 radical (unpaired) electrons. The first kappa shape index (κ1) is 13.6. The minimum Gasteiger partial charge on any atom is -0.409 e. The molecule has 1 saturated heterocycles. The molecule has 1 heterocycles. The zero-order valence-electron chi connectivity index (χ0n) is 10.6. The minimum atomic E-state index is 0.0586. The fourth-order valence-corrected chi connectivity index (χ4v) is 1.95. The van der Waals surface area contributed by atoms with Crippen LogP contribution in [0.1, 0.15) is 33.1 Å². The standard InChI is InChI=1S/C11H22N4O2/c1-9(2)15(8-5-10(12)13-17)11(16)14-6-3-4-7-14/h9,17H,3-8H2,1-2H3,(H2,12,13). The van der Waals surface area contributed by atoms with Crippen LogP contribution in [-0.4, -0.2) is 52.5 Å². The first-order chi connectivity index (χ1) is 8.06. The van der Waals surface area contributed by atoms with Crippen LogP contribution in [0.15, 0.2) is 5.16 Å². The topological polar surface area (TPSA) is 82.2 Å². The van der Waals surface area contributed by atoms with E-state index in [0.717, 1.165) is 25.9 Å². The molecule has 1 rings (SSSR count). The van der Waals surface area contributed by atoms with Gasteiger partial charge in [-0.25, -0.2) is 4.79 Å². The van der Waals surface area contributed by atoms with E-state index < -0.39 is 0 Å². The summed E-state index contributed by atoms with van der Waals surface area (Å²) in [7, 11) is 0. The largest absolute Gasteiger partial charge is 0.409 e. The molecular weight excluding hydrogens is 220 g/mol. The third-order valence-corrected chi connectivity index (χ3v) is 2.98. The molecule has 17 heavy (non-hydrogen) atoms. The highest BCUT2D eigenvalue weighted by molar-refractivity contribution is 5.81. The van der Waals surface area contributed by atoms with Crippen molar-refractivity contribution in [2.75, 3.05) is 19.6 Å². The van der Waals surface area contributed by atoms with Crippen LogP contribution in [-0.2, 0) is 0 Å². The van der Waals surface area contributed by atoms with Crippen LogP contribution in [0, 0.1) is 0 Å². The quantitative estimate of drug-likeness (QED) is 0.334. The number of likely N-dealkylation sites (tertiary alicyclic amines) is 1. The molecule has 0 saturated carbocycles. The van der Waals surface area contributed by atoms with Crippen LogP contribution in [0.3, 0.4) is 0 Å². The maximum Gasteiger partial charge on any atom is 0.320 e. The summed E-state index contributed by atoms with van der Waals surface area (Å²) in [5.41, 5.74) is 5.42. The Morgan fingerprint density at radius 3 is 2.53 bits per heavy atom. The number of amidine groups is 1. The summed E-state index contributed by atoms with van der Waals surface area (Å²) in [6.45, 7) is 6.11. The fourth-order valence-electron chi connectivity index (χ4n) is 1.95. The summed E-state index contributed by atoms with van der Waals surface area (Å²) in [6, 6.07) is 0.179. The number of oxime groups is 1. The zero-order chi connectivity index (χ0) is 12.8. The van der Waals surface area contributed by atoms with Crippen LogP contribution >= 0.6 is 0 Å². The van der Waals surface area contributed by atoms with Gasteiger partial charge in [0.1, 0.15) is 5.84 Å². The normalized spacial score (nSPS) is 16.6. The van der Waals surface area contributed by atoms with Gasteiger partial charge in [-0.05, 0) is 26.7 Å². The molecule has 0 aromatic rings. The van der Waals surface area contributed by atoms with E-state index in [1.165, 1.54) is 0 Å². The van der Waals surface area contributed by atoms with Crippen LogP contribution in [0.4, 0.5) is 4.79 Å². The highest BCUT2D eigenvalue weighted by Gasteiger charge is 2.25. The van der Waals surface area contributed by atoms with Gasteiger partial charge in [0, 0.05) is 32.1 Å². The molecule has 1 aliphatic rings. The molecule has 0 aromatic heterocycles. The number of hydrogen-bond acceptors (Lipinski definition) is 3. The third kappa shape index (κ3) is 3.80. The lowest BCUT2D eigenvalue weighted by Gasteiger charge is -2.31. The Bertz CT molecular complexity index is 285. The first-order valence-corrected chi connectivity index (χ1v) is 6.08. The monoisotopic (exact) mass is 242 g/mol. The Morgan fingerprint density at radius 1 is 1.47 bits per heavy atom. The Kier molecular flexibility index (Phi) is 5.06. The smallest absolute Gasteiger partial charge is 0.320 e. The molecule has 1 fully saturated rings. The second-order valence-electron chi connectivity index (χ2n) is 4.61. The molecule has 0 aliphatic carbocycles. The molecule has 0 aromatic carbocycles. The molecule has 98 valence electrons. The van der Waals surface area contributed by atoms with E-state index in [1.54, 1.807) is 4.90 Å². The number of hydrogen-bond donors (Lipinski definition) is 2. The lowest BCUT2D eigenvalue weighted by Crippen LogP contribution is -2.46. The SMILES string of the molecule is CC(C)N(CCC(N)=NO)C(=O)N1CCCC1. The summed E-state index contributed by atoms with van der Waals surface area (Å²) in [4.78, 5) is 15.8. The lowest BCUT2D eigenvalue weighted by molar-refractivity contribution is 0.150. The molecular formula is C11H22N4O2. The van der Waals surface area contributed by atoms with E-state index in [-0.39, 0.29) is 17.9 Å². The van der Waals surface area contributed by atoms with Gasteiger partial charge < -0.3 is 20.7 Å². The van der Waals surface area contributed by atoms with E-state index in [9.17, 15) is 4.79 Å². The molecule has 1 aliphatic heterocycles. The van der Waals surface area contributed by atoms with E-state index in [4.69, 9.17) is 10.9 Å². The number of urea groups is 1. The molecule has 0 unspecified atom stereocenters.